The van der Waals surface area contributed by atoms with Gasteiger partial charge in [-0.3, -0.25) is 15.1 Å². The SMILES string of the molecule is Cc1[nH]ncc1-c1cnc(C[C@@H]2CCCN(C)C2)cn1. The highest BCUT2D eigenvalue weighted by Gasteiger charge is 2.18. The molecule has 3 heterocycles. The van der Waals surface area contributed by atoms with Crippen molar-refractivity contribution in [3.63, 3.8) is 0 Å². The highest BCUT2D eigenvalue weighted by Crippen LogP contribution is 2.21. The van der Waals surface area contributed by atoms with Crippen LogP contribution in [0.3, 0.4) is 0 Å². The van der Waals surface area contributed by atoms with Crippen molar-refractivity contribution < 1.29 is 0 Å². The molecule has 0 saturated carbocycles. The summed E-state index contributed by atoms with van der Waals surface area (Å²) in [7, 11) is 2.20. The zero-order valence-corrected chi connectivity index (χ0v) is 12.1. The van der Waals surface area contributed by atoms with Gasteiger partial charge in [0.25, 0.3) is 0 Å². The molecule has 1 N–H and O–H groups in total. The number of rotatable bonds is 3. The lowest BCUT2D eigenvalue weighted by Gasteiger charge is -2.29. The molecule has 0 aromatic carbocycles. The van der Waals surface area contributed by atoms with E-state index in [0.717, 1.165) is 29.1 Å². The molecule has 1 atom stereocenters. The molecule has 0 radical (unpaired) electrons. The predicted molar refractivity (Wildman–Crippen MR) is 78.3 cm³/mol. The number of hydrogen-bond donors (Lipinski definition) is 1. The van der Waals surface area contributed by atoms with Crippen LogP contribution in [0.2, 0.25) is 0 Å². The summed E-state index contributed by atoms with van der Waals surface area (Å²) in [6.07, 6.45) is 9.20. The molecular formula is C15H21N5. The average Bonchev–Trinajstić information content (AvgIpc) is 2.86. The monoisotopic (exact) mass is 271 g/mol. The molecule has 1 aliphatic heterocycles. The Bertz CT molecular complexity index is 560. The summed E-state index contributed by atoms with van der Waals surface area (Å²) in [4.78, 5) is 11.5. The first-order valence-electron chi connectivity index (χ1n) is 7.22. The molecule has 106 valence electrons. The molecule has 2 aromatic heterocycles. The summed E-state index contributed by atoms with van der Waals surface area (Å²) in [5.74, 6) is 0.713. The van der Waals surface area contributed by atoms with E-state index < -0.39 is 0 Å². The molecule has 0 spiro atoms. The van der Waals surface area contributed by atoms with Crippen molar-refractivity contribution in [1.29, 1.82) is 0 Å². The van der Waals surface area contributed by atoms with Gasteiger partial charge < -0.3 is 4.90 Å². The fraction of sp³-hybridized carbons (Fsp3) is 0.533. The normalized spacial score (nSPS) is 20.2. The van der Waals surface area contributed by atoms with Crippen LogP contribution >= 0.6 is 0 Å². The first-order chi connectivity index (χ1) is 9.72. The van der Waals surface area contributed by atoms with Gasteiger partial charge in [-0.25, -0.2) is 0 Å². The number of aromatic amines is 1. The molecule has 1 fully saturated rings. The molecule has 2 aromatic rings. The second-order valence-corrected chi connectivity index (χ2v) is 5.78. The van der Waals surface area contributed by atoms with E-state index in [1.165, 1.54) is 25.9 Å². The highest BCUT2D eigenvalue weighted by molar-refractivity contribution is 5.59. The van der Waals surface area contributed by atoms with Crippen molar-refractivity contribution in [2.75, 3.05) is 20.1 Å². The van der Waals surface area contributed by atoms with Crippen molar-refractivity contribution in [3.05, 3.63) is 30.0 Å². The van der Waals surface area contributed by atoms with Crippen LogP contribution in [0.4, 0.5) is 0 Å². The van der Waals surface area contributed by atoms with Crippen LogP contribution in [0.25, 0.3) is 11.3 Å². The van der Waals surface area contributed by atoms with Crippen molar-refractivity contribution >= 4 is 0 Å². The first kappa shape index (κ1) is 13.2. The van der Waals surface area contributed by atoms with E-state index >= 15 is 0 Å². The third kappa shape index (κ3) is 2.88. The minimum Gasteiger partial charge on any atom is -0.306 e. The Morgan fingerprint density at radius 3 is 2.85 bits per heavy atom. The Morgan fingerprint density at radius 1 is 1.30 bits per heavy atom. The van der Waals surface area contributed by atoms with Crippen LogP contribution in [-0.2, 0) is 6.42 Å². The Morgan fingerprint density at radius 2 is 2.20 bits per heavy atom. The molecule has 1 saturated heterocycles. The van der Waals surface area contributed by atoms with E-state index in [0.29, 0.717) is 5.92 Å². The maximum absolute atomic E-state index is 4.57. The van der Waals surface area contributed by atoms with E-state index in [-0.39, 0.29) is 0 Å². The Labute approximate surface area is 119 Å². The van der Waals surface area contributed by atoms with Crippen LogP contribution < -0.4 is 0 Å². The lowest BCUT2D eigenvalue weighted by atomic mass is 9.94. The van der Waals surface area contributed by atoms with Crippen molar-refractivity contribution in [2.45, 2.75) is 26.2 Å². The van der Waals surface area contributed by atoms with Gasteiger partial charge in [-0.05, 0) is 45.7 Å². The molecule has 0 amide bonds. The fourth-order valence-corrected chi connectivity index (χ4v) is 2.94. The summed E-state index contributed by atoms with van der Waals surface area (Å²) >= 11 is 0. The topological polar surface area (TPSA) is 57.7 Å². The van der Waals surface area contributed by atoms with Gasteiger partial charge in [0.2, 0.25) is 0 Å². The Kier molecular flexibility index (Phi) is 3.78. The summed E-state index contributed by atoms with van der Waals surface area (Å²) in [5.41, 5.74) is 4.04. The van der Waals surface area contributed by atoms with E-state index in [4.69, 9.17) is 0 Å². The van der Waals surface area contributed by atoms with Gasteiger partial charge in [0.15, 0.2) is 0 Å². The quantitative estimate of drug-likeness (QED) is 0.928. The van der Waals surface area contributed by atoms with Gasteiger partial charge in [-0.1, -0.05) is 0 Å². The van der Waals surface area contributed by atoms with Crippen LogP contribution in [0.15, 0.2) is 18.6 Å². The van der Waals surface area contributed by atoms with E-state index in [1.54, 1.807) is 6.20 Å². The predicted octanol–water partition coefficient (Wildman–Crippen LogP) is 2.06. The first-order valence-corrected chi connectivity index (χ1v) is 7.22. The molecule has 20 heavy (non-hydrogen) atoms. The second-order valence-electron chi connectivity index (χ2n) is 5.78. The minimum atomic E-state index is 0.713. The number of piperidine rings is 1. The standard InChI is InChI=1S/C15H21N5/c1-11-14(8-18-19-11)15-9-16-13(7-17-15)6-12-4-3-5-20(2)10-12/h7-9,12H,3-6,10H2,1-2H3,(H,18,19)/t12-/m0/s1. The molecule has 5 nitrogen and oxygen atoms in total. The van der Waals surface area contributed by atoms with Crippen molar-refractivity contribution in [3.8, 4) is 11.3 Å². The molecular weight excluding hydrogens is 250 g/mol. The van der Waals surface area contributed by atoms with Crippen LogP contribution in [-0.4, -0.2) is 45.2 Å². The largest absolute Gasteiger partial charge is 0.306 e. The Hall–Kier alpha value is -1.75. The third-order valence-electron chi connectivity index (χ3n) is 4.03. The lowest BCUT2D eigenvalue weighted by molar-refractivity contribution is 0.208. The maximum Gasteiger partial charge on any atom is 0.0919 e. The number of likely N-dealkylation sites (tertiary alicyclic amines) is 1. The number of nitrogens with zero attached hydrogens (tertiary/aromatic N) is 4. The zero-order chi connectivity index (χ0) is 13.9. The molecule has 1 aliphatic rings. The van der Waals surface area contributed by atoms with E-state index in [9.17, 15) is 0 Å². The van der Waals surface area contributed by atoms with E-state index in [1.807, 2.05) is 19.3 Å². The molecule has 0 bridgehead atoms. The van der Waals surface area contributed by atoms with Gasteiger partial charge in [0.1, 0.15) is 0 Å². The molecule has 3 rings (SSSR count). The number of nitrogens with one attached hydrogen (secondary N) is 1. The summed E-state index contributed by atoms with van der Waals surface area (Å²) in [5, 5.41) is 6.95. The summed E-state index contributed by atoms with van der Waals surface area (Å²) in [6.45, 7) is 4.39. The number of aryl methyl sites for hydroxylation is 1. The van der Waals surface area contributed by atoms with Gasteiger partial charge in [0, 0.05) is 24.0 Å². The summed E-state index contributed by atoms with van der Waals surface area (Å²) < 4.78 is 0. The molecule has 0 aliphatic carbocycles. The third-order valence-corrected chi connectivity index (χ3v) is 4.03. The van der Waals surface area contributed by atoms with Gasteiger partial charge in [-0.2, -0.15) is 5.10 Å². The molecule has 0 unspecified atom stereocenters. The number of aromatic nitrogens is 4. The second kappa shape index (κ2) is 5.71. The van der Waals surface area contributed by atoms with Gasteiger partial charge in [-0.15, -0.1) is 0 Å². The van der Waals surface area contributed by atoms with Crippen LogP contribution in [0.1, 0.15) is 24.2 Å². The van der Waals surface area contributed by atoms with Gasteiger partial charge in [0.05, 0.1) is 23.8 Å². The van der Waals surface area contributed by atoms with Gasteiger partial charge >= 0.3 is 0 Å². The van der Waals surface area contributed by atoms with Crippen LogP contribution in [0, 0.1) is 12.8 Å². The highest BCUT2D eigenvalue weighted by atomic mass is 15.1. The average molecular weight is 271 g/mol. The van der Waals surface area contributed by atoms with Crippen LogP contribution in [0.5, 0.6) is 0 Å². The Balaban J connectivity index is 1.69. The lowest BCUT2D eigenvalue weighted by Crippen LogP contribution is -2.33. The minimum absolute atomic E-state index is 0.713. The number of H-pyrrole nitrogens is 1. The summed E-state index contributed by atoms with van der Waals surface area (Å²) in [6, 6.07) is 0. The number of hydrogen-bond acceptors (Lipinski definition) is 4. The van der Waals surface area contributed by atoms with Crippen molar-refractivity contribution in [1.82, 2.24) is 25.1 Å². The fourth-order valence-electron chi connectivity index (χ4n) is 2.94. The maximum atomic E-state index is 4.57. The van der Waals surface area contributed by atoms with E-state index in [2.05, 4.69) is 32.1 Å². The molecule has 5 heteroatoms. The zero-order valence-electron chi connectivity index (χ0n) is 12.1. The van der Waals surface area contributed by atoms with Crippen molar-refractivity contribution in [2.24, 2.45) is 5.92 Å². The smallest absolute Gasteiger partial charge is 0.0919 e.